The fraction of sp³-hybridized carbons (Fsp3) is 0.154. The van der Waals surface area contributed by atoms with E-state index in [0.29, 0.717) is 11.3 Å². The van der Waals surface area contributed by atoms with E-state index in [4.69, 9.17) is 16.9 Å². The first-order chi connectivity index (χ1) is 9.15. The molecule has 1 N–H and O–H groups in total. The topological polar surface area (TPSA) is 78.9 Å². The van der Waals surface area contributed by atoms with Crippen LogP contribution in [0.4, 0.5) is 0 Å². The van der Waals surface area contributed by atoms with Gasteiger partial charge in [-0.25, -0.2) is 4.79 Å². The third-order valence-corrected chi connectivity index (χ3v) is 2.97. The van der Waals surface area contributed by atoms with Crippen LogP contribution < -0.4 is 0 Å². The zero-order chi connectivity index (χ0) is 13.8. The summed E-state index contributed by atoms with van der Waals surface area (Å²) in [5, 5.41) is 22.0. The second-order valence-corrected chi connectivity index (χ2v) is 4.17. The van der Waals surface area contributed by atoms with Gasteiger partial charge in [-0.3, -0.25) is 4.68 Å². The maximum absolute atomic E-state index is 11.3. The van der Waals surface area contributed by atoms with Crippen LogP contribution in [-0.2, 0) is 6.54 Å². The van der Waals surface area contributed by atoms with Gasteiger partial charge in [0.05, 0.1) is 19.0 Å². The third-order valence-electron chi connectivity index (χ3n) is 2.59. The Hall–Kier alpha value is -2.32. The monoisotopic (exact) mass is 275 g/mol. The standard InChI is InChI=1S/C13H10ClN3O2/c14-12-10(13(18)19)11(9-5-2-1-3-6-9)16-17(12)8-4-7-15/h1-3,5-6H,4,8H2,(H,18,19). The Morgan fingerprint density at radius 1 is 1.42 bits per heavy atom. The first-order valence-corrected chi connectivity index (χ1v) is 5.95. The predicted molar refractivity (Wildman–Crippen MR) is 69.9 cm³/mol. The van der Waals surface area contributed by atoms with Crippen molar-refractivity contribution in [3.05, 3.63) is 41.0 Å². The van der Waals surface area contributed by atoms with Crippen LogP contribution in [0.3, 0.4) is 0 Å². The summed E-state index contributed by atoms with van der Waals surface area (Å²) in [4.78, 5) is 11.3. The minimum absolute atomic E-state index is 0.0363. The fourth-order valence-corrected chi connectivity index (χ4v) is 2.03. The van der Waals surface area contributed by atoms with Crippen LogP contribution in [0.15, 0.2) is 30.3 Å². The Bertz CT molecular complexity index is 644. The lowest BCUT2D eigenvalue weighted by Crippen LogP contribution is -2.01. The molecule has 0 aliphatic carbocycles. The number of carboxylic acids is 1. The summed E-state index contributed by atoms with van der Waals surface area (Å²) < 4.78 is 1.34. The van der Waals surface area contributed by atoms with Gasteiger partial charge in [0.25, 0.3) is 0 Å². The summed E-state index contributed by atoms with van der Waals surface area (Å²) in [6.07, 6.45) is 0.217. The average molecular weight is 276 g/mol. The molecule has 0 radical (unpaired) electrons. The lowest BCUT2D eigenvalue weighted by molar-refractivity contribution is 0.0698. The van der Waals surface area contributed by atoms with Crippen LogP contribution in [0, 0.1) is 11.3 Å². The third kappa shape index (κ3) is 2.59. The van der Waals surface area contributed by atoms with Gasteiger partial charge in [-0.2, -0.15) is 10.4 Å². The molecule has 0 amide bonds. The second-order valence-electron chi connectivity index (χ2n) is 3.82. The van der Waals surface area contributed by atoms with Gasteiger partial charge >= 0.3 is 5.97 Å². The Kier molecular flexibility index (Phi) is 3.83. The van der Waals surface area contributed by atoms with Crippen molar-refractivity contribution < 1.29 is 9.90 Å². The van der Waals surface area contributed by atoms with E-state index in [1.807, 2.05) is 12.1 Å². The molecular formula is C13H10ClN3O2. The molecule has 0 bridgehead atoms. The molecule has 0 fully saturated rings. The molecule has 0 saturated heterocycles. The van der Waals surface area contributed by atoms with Crippen LogP contribution in [0.2, 0.25) is 5.15 Å². The van der Waals surface area contributed by atoms with Gasteiger partial charge in [0.1, 0.15) is 16.4 Å². The highest BCUT2D eigenvalue weighted by Crippen LogP contribution is 2.28. The molecule has 0 aliphatic rings. The molecule has 1 aromatic carbocycles. The number of nitrogens with zero attached hydrogens (tertiary/aromatic N) is 3. The lowest BCUT2D eigenvalue weighted by Gasteiger charge is -1.97. The number of carboxylic acid groups (broad SMARTS) is 1. The molecule has 96 valence electrons. The molecule has 1 aromatic heterocycles. The Morgan fingerprint density at radius 2 is 2.11 bits per heavy atom. The van der Waals surface area contributed by atoms with E-state index in [9.17, 15) is 9.90 Å². The highest BCUT2D eigenvalue weighted by molar-refractivity contribution is 6.33. The molecule has 0 aliphatic heterocycles. The number of hydrogen-bond acceptors (Lipinski definition) is 3. The number of carbonyl (C=O) groups is 1. The smallest absolute Gasteiger partial charge is 0.341 e. The lowest BCUT2D eigenvalue weighted by atomic mass is 10.1. The van der Waals surface area contributed by atoms with Crippen LogP contribution in [0.1, 0.15) is 16.8 Å². The van der Waals surface area contributed by atoms with Crippen LogP contribution >= 0.6 is 11.6 Å². The first kappa shape index (κ1) is 13.1. The van der Waals surface area contributed by atoms with Gasteiger partial charge in [0.2, 0.25) is 0 Å². The minimum Gasteiger partial charge on any atom is -0.478 e. The van der Waals surface area contributed by atoms with Gasteiger partial charge in [-0.1, -0.05) is 41.9 Å². The Morgan fingerprint density at radius 3 is 2.68 bits per heavy atom. The summed E-state index contributed by atoms with van der Waals surface area (Å²) in [6.45, 7) is 0.266. The molecule has 0 spiro atoms. The largest absolute Gasteiger partial charge is 0.478 e. The molecule has 2 rings (SSSR count). The maximum atomic E-state index is 11.3. The fourth-order valence-electron chi connectivity index (χ4n) is 1.73. The number of aryl methyl sites for hydroxylation is 1. The SMILES string of the molecule is N#CCCn1nc(-c2ccccc2)c(C(=O)O)c1Cl. The van der Waals surface area contributed by atoms with Gasteiger partial charge in [-0.15, -0.1) is 0 Å². The van der Waals surface area contributed by atoms with Crippen molar-refractivity contribution in [2.75, 3.05) is 0 Å². The van der Waals surface area contributed by atoms with E-state index >= 15 is 0 Å². The molecule has 6 heteroatoms. The van der Waals surface area contributed by atoms with E-state index in [0.717, 1.165) is 0 Å². The van der Waals surface area contributed by atoms with Crippen molar-refractivity contribution in [2.45, 2.75) is 13.0 Å². The zero-order valence-corrected chi connectivity index (χ0v) is 10.6. The molecule has 0 unspecified atom stereocenters. The number of nitriles is 1. The average Bonchev–Trinajstić information content (AvgIpc) is 2.74. The van der Waals surface area contributed by atoms with Crippen molar-refractivity contribution in [1.29, 1.82) is 5.26 Å². The maximum Gasteiger partial charge on any atom is 0.341 e. The summed E-state index contributed by atoms with van der Waals surface area (Å²) in [7, 11) is 0. The number of hydrogen-bond donors (Lipinski definition) is 1. The summed E-state index contributed by atoms with van der Waals surface area (Å²) in [6, 6.07) is 10.9. The van der Waals surface area contributed by atoms with Crippen LogP contribution in [0.25, 0.3) is 11.3 Å². The van der Waals surface area contributed by atoms with Gasteiger partial charge in [0, 0.05) is 5.56 Å². The Balaban J connectivity index is 2.54. The Labute approximate surface area is 114 Å². The molecule has 0 saturated carbocycles. The van der Waals surface area contributed by atoms with E-state index < -0.39 is 5.97 Å². The van der Waals surface area contributed by atoms with Crippen molar-refractivity contribution in [3.63, 3.8) is 0 Å². The molecule has 1 heterocycles. The number of rotatable bonds is 4. The van der Waals surface area contributed by atoms with Crippen LogP contribution in [0.5, 0.6) is 0 Å². The molecule has 5 nitrogen and oxygen atoms in total. The van der Waals surface area contributed by atoms with E-state index in [-0.39, 0.29) is 23.7 Å². The summed E-state index contributed by atoms with van der Waals surface area (Å²) in [5.41, 5.74) is 0.958. The van der Waals surface area contributed by atoms with Gasteiger partial charge < -0.3 is 5.11 Å². The van der Waals surface area contributed by atoms with Crippen LogP contribution in [-0.4, -0.2) is 20.9 Å². The zero-order valence-electron chi connectivity index (χ0n) is 9.88. The van der Waals surface area contributed by atoms with Crippen molar-refractivity contribution >= 4 is 17.6 Å². The molecule has 19 heavy (non-hydrogen) atoms. The van der Waals surface area contributed by atoms with Crippen molar-refractivity contribution in [2.24, 2.45) is 0 Å². The quantitative estimate of drug-likeness (QED) is 0.930. The minimum atomic E-state index is -1.13. The molecule has 0 atom stereocenters. The van der Waals surface area contributed by atoms with E-state index in [2.05, 4.69) is 5.10 Å². The summed E-state index contributed by atoms with van der Waals surface area (Å²) >= 11 is 6.02. The van der Waals surface area contributed by atoms with Gasteiger partial charge in [-0.05, 0) is 0 Å². The van der Waals surface area contributed by atoms with Crippen molar-refractivity contribution in [3.8, 4) is 17.3 Å². The summed E-state index contributed by atoms with van der Waals surface area (Å²) in [5.74, 6) is -1.13. The molecule has 2 aromatic rings. The highest BCUT2D eigenvalue weighted by Gasteiger charge is 2.22. The second kappa shape index (κ2) is 5.55. The van der Waals surface area contributed by atoms with E-state index in [1.54, 1.807) is 24.3 Å². The number of halogens is 1. The van der Waals surface area contributed by atoms with E-state index in [1.165, 1.54) is 4.68 Å². The number of benzene rings is 1. The highest BCUT2D eigenvalue weighted by atomic mass is 35.5. The predicted octanol–water partition coefficient (Wildman–Crippen LogP) is 2.82. The number of aromatic carboxylic acids is 1. The first-order valence-electron chi connectivity index (χ1n) is 5.57. The normalized spacial score (nSPS) is 10.1. The van der Waals surface area contributed by atoms with Gasteiger partial charge in [0.15, 0.2) is 0 Å². The number of aromatic nitrogens is 2. The molecular weight excluding hydrogens is 266 g/mol. The van der Waals surface area contributed by atoms with Crippen molar-refractivity contribution in [1.82, 2.24) is 9.78 Å².